The van der Waals surface area contributed by atoms with Crippen LogP contribution in [0.1, 0.15) is 31.2 Å². The SMILES string of the molecule is O=C1CCCN1CCn1cnc2c(NC3CCN(Cc4ccccc4)CC3)nc(Nc3ccc4ncccc4c3)nc21. The van der Waals surface area contributed by atoms with Crippen LogP contribution < -0.4 is 10.6 Å². The molecule has 7 rings (SSSR count). The maximum Gasteiger partial charge on any atom is 0.231 e. The van der Waals surface area contributed by atoms with Crippen LogP contribution in [0.25, 0.3) is 22.1 Å². The summed E-state index contributed by atoms with van der Waals surface area (Å²) in [4.78, 5) is 35.6. The molecule has 214 valence electrons. The highest BCUT2D eigenvalue weighted by molar-refractivity contribution is 5.86. The summed E-state index contributed by atoms with van der Waals surface area (Å²) in [6.07, 6.45) is 7.24. The van der Waals surface area contributed by atoms with Crippen molar-refractivity contribution in [2.45, 2.75) is 44.8 Å². The minimum Gasteiger partial charge on any atom is -0.365 e. The number of carbonyl (C=O) groups is 1. The number of benzene rings is 2. The number of likely N-dealkylation sites (tertiary alicyclic amines) is 2. The molecule has 2 N–H and O–H groups in total. The Kier molecular flexibility index (Phi) is 7.36. The highest BCUT2D eigenvalue weighted by Crippen LogP contribution is 2.27. The molecule has 0 spiro atoms. The molecular formula is C32H35N9O. The van der Waals surface area contributed by atoms with Crippen molar-refractivity contribution in [2.75, 3.05) is 36.8 Å². The van der Waals surface area contributed by atoms with Gasteiger partial charge in [-0.25, -0.2) is 4.98 Å². The molecule has 0 radical (unpaired) electrons. The second-order valence-corrected chi connectivity index (χ2v) is 11.2. The average molecular weight is 562 g/mol. The number of piperidine rings is 1. The molecule has 1 amide bonds. The molecule has 0 bridgehead atoms. The molecule has 2 aromatic carbocycles. The summed E-state index contributed by atoms with van der Waals surface area (Å²) in [6, 6.07) is 21.0. The van der Waals surface area contributed by atoms with Crippen LogP contribution in [-0.4, -0.2) is 72.4 Å². The normalized spacial score (nSPS) is 16.5. The monoisotopic (exact) mass is 561 g/mol. The number of nitrogens with zero attached hydrogens (tertiary/aromatic N) is 7. The van der Waals surface area contributed by atoms with E-state index in [-0.39, 0.29) is 5.91 Å². The quantitative estimate of drug-likeness (QED) is 0.264. The van der Waals surface area contributed by atoms with E-state index in [0.717, 1.165) is 79.0 Å². The van der Waals surface area contributed by atoms with E-state index in [1.807, 2.05) is 40.1 Å². The van der Waals surface area contributed by atoms with Crippen molar-refractivity contribution in [1.82, 2.24) is 34.3 Å². The van der Waals surface area contributed by atoms with E-state index in [9.17, 15) is 4.79 Å². The second kappa shape index (κ2) is 11.7. The molecule has 0 unspecified atom stereocenters. The molecule has 5 heterocycles. The Hall–Kier alpha value is -4.57. The standard InChI is InChI=1S/C32H35N9O/c42-28-9-5-15-40(28)18-19-41-22-34-29-30(35-25-12-16-39(17-13-25)21-23-6-2-1-3-7-23)37-32(38-31(29)41)36-26-10-11-27-24(20-26)8-4-14-33-27/h1-4,6-8,10-11,14,20,22,25H,5,9,12-13,15-19,21H2,(H2,35,36,37,38). The van der Waals surface area contributed by atoms with Gasteiger partial charge in [0.25, 0.3) is 0 Å². The number of fused-ring (bicyclic) bond motifs is 2. The molecule has 3 aromatic heterocycles. The Bertz CT molecular complexity index is 1690. The van der Waals surface area contributed by atoms with Crippen LogP contribution in [0.15, 0.2) is 73.2 Å². The minimum atomic E-state index is 0.225. The van der Waals surface area contributed by atoms with Crippen LogP contribution in [0, 0.1) is 0 Å². The molecule has 5 aromatic rings. The lowest BCUT2D eigenvalue weighted by Crippen LogP contribution is -2.38. The number of anilines is 3. The molecular weight excluding hydrogens is 526 g/mol. The Balaban J connectivity index is 1.12. The number of nitrogens with one attached hydrogen (secondary N) is 2. The molecule has 42 heavy (non-hydrogen) atoms. The van der Waals surface area contributed by atoms with E-state index >= 15 is 0 Å². The number of aromatic nitrogens is 5. The average Bonchev–Trinajstić information content (AvgIpc) is 3.63. The predicted octanol–water partition coefficient (Wildman–Crippen LogP) is 4.82. The van der Waals surface area contributed by atoms with E-state index in [4.69, 9.17) is 15.0 Å². The first-order valence-corrected chi connectivity index (χ1v) is 14.8. The van der Waals surface area contributed by atoms with Crippen LogP contribution in [0.2, 0.25) is 0 Å². The molecule has 10 heteroatoms. The molecule has 2 fully saturated rings. The topological polar surface area (TPSA) is 104 Å². The number of imidazole rings is 1. The van der Waals surface area contributed by atoms with Crippen molar-refractivity contribution in [3.05, 3.63) is 78.8 Å². The number of rotatable bonds is 9. The van der Waals surface area contributed by atoms with E-state index in [1.165, 1.54) is 5.56 Å². The van der Waals surface area contributed by atoms with Crippen molar-refractivity contribution in [1.29, 1.82) is 0 Å². The number of pyridine rings is 1. The molecule has 0 aliphatic carbocycles. The van der Waals surface area contributed by atoms with Crippen LogP contribution >= 0.6 is 0 Å². The summed E-state index contributed by atoms with van der Waals surface area (Å²) in [5.74, 6) is 1.47. The molecule has 2 aliphatic rings. The van der Waals surface area contributed by atoms with Crippen LogP contribution in [-0.2, 0) is 17.9 Å². The van der Waals surface area contributed by atoms with Gasteiger partial charge in [0, 0.05) is 69.0 Å². The van der Waals surface area contributed by atoms with Gasteiger partial charge in [-0.2, -0.15) is 9.97 Å². The van der Waals surface area contributed by atoms with E-state index in [0.29, 0.717) is 31.5 Å². The predicted molar refractivity (Wildman–Crippen MR) is 165 cm³/mol. The zero-order chi connectivity index (χ0) is 28.3. The summed E-state index contributed by atoms with van der Waals surface area (Å²) >= 11 is 0. The minimum absolute atomic E-state index is 0.225. The van der Waals surface area contributed by atoms with Crippen LogP contribution in [0.5, 0.6) is 0 Å². The van der Waals surface area contributed by atoms with E-state index in [1.54, 1.807) is 6.20 Å². The lowest BCUT2D eigenvalue weighted by molar-refractivity contribution is -0.127. The fourth-order valence-corrected chi connectivity index (χ4v) is 5.99. The molecule has 2 saturated heterocycles. The lowest BCUT2D eigenvalue weighted by Gasteiger charge is -2.32. The van der Waals surface area contributed by atoms with Gasteiger partial charge >= 0.3 is 0 Å². The van der Waals surface area contributed by atoms with E-state index < -0.39 is 0 Å². The third-order valence-corrected chi connectivity index (χ3v) is 8.28. The zero-order valence-electron chi connectivity index (χ0n) is 23.6. The first-order valence-electron chi connectivity index (χ1n) is 14.8. The highest BCUT2D eigenvalue weighted by atomic mass is 16.2. The first kappa shape index (κ1) is 26.3. The maximum atomic E-state index is 12.2. The van der Waals surface area contributed by atoms with Gasteiger partial charge in [0.05, 0.1) is 11.8 Å². The largest absolute Gasteiger partial charge is 0.365 e. The number of amides is 1. The molecule has 0 atom stereocenters. The van der Waals surface area contributed by atoms with Gasteiger partial charge in [0.2, 0.25) is 11.9 Å². The number of carbonyl (C=O) groups excluding carboxylic acids is 1. The maximum absolute atomic E-state index is 12.2. The van der Waals surface area contributed by atoms with Crippen molar-refractivity contribution < 1.29 is 4.79 Å². The Morgan fingerprint density at radius 1 is 0.905 bits per heavy atom. The van der Waals surface area contributed by atoms with E-state index in [2.05, 4.69) is 56.9 Å². The number of hydrogen-bond donors (Lipinski definition) is 2. The van der Waals surface area contributed by atoms with Crippen molar-refractivity contribution in [2.24, 2.45) is 0 Å². The molecule has 0 saturated carbocycles. The zero-order valence-corrected chi connectivity index (χ0v) is 23.6. The van der Waals surface area contributed by atoms with Gasteiger partial charge in [-0.3, -0.25) is 14.7 Å². The molecule has 10 nitrogen and oxygen atoms in total. The van der Waals surface area contributed by atoms with Crippen molar-refractivity contribution in [3.8, 4) is 0 Å². The fraction of sp³-hybridized carbons (Fsp3) is 0.344. The van der Waals surface area contributed by atoms with Gasteiger partial charge in [0.15, 0.2) is 17.0 Å². The van der Waals surface area contributed by atoms with Gasteiger partial charge in [-0.15, -0.1) is 0 Å². The Labute approximate surface area is 244 Å². The Morgan fingerprint density at radius 2 is 1.79 bits per heavy atom. The van der Waals surface area contributed by atoms with Gasteiger partial charge in [-0.05, 0) is 49.1 Å². The summed E-state index contributed by atoms with van der Waals surface area (Å²) in [5, 5.41) is 8.18. The summed E-state index contributed by atoms with van der Waals surface area (Å²) < 4.78 is 2.03. The smallest absolute Gasteiger partial charge is 0.231 e. The summed E-state index contributed by atoms with van der Waals surface area (Å²) in [5.41, 5.74) is 4.69. The lowest BCUT2D eigenvalue weighted by atomic mass is 10.0. The summed E-state index contributed by atoms with van der Waals surface area (Å²) in [7, 11) is 0. The third kappa shape index (κ3) is 5.75. The Morgan fingerprint density at radius 3 is 2.62 bits per heavy atom. The van der Waals surface area contributed by atoms with Gasteiger partial charge < -0.3 is 20.1 Å². The third-order valence-electron chi connectivity index (χ3n) is 8.28. The van der Waals surface area contributed by atoms with Gasteiger partial charge in [-0.1, -0.05) is 36.4 Å². The molecule has 2 aliphatic heterocycles. The second-order valence-electron chi connectivity index (χ2n) is 11.2. The van der Waals surface area contributed by atoms with Crippen LogP contribution in [0.3, 0.4) is 0 Å². The van der Waals surface area contributed by atoms with Gasteiger partial charge in [0.1, 0.15) is 0 Å². The fourth-order valence-electron chi connectivity index (χ4n) is 5.99. The van der Waals surface area contributed by atoms with Crippen molar-refractivity contribution >= 4 is 45.4 Å². The summed E-state index contributed by atoms with van der Waals surface area (Å²) in [6.45, 7) is 5.13. The highest BCUT2D eigenvalue weighted by Gasteiger charge is 2.23. The number of hydrogen-bond acceptors (Lipinski definition) is 8. The van der Waals surface area contributed by atoms with Crippen LogP contribution in [0.4, 0.5) is 17.5 Å². The van der Waals surface area contributed by atoms with Crippen molar-refractivity contribution in [3.63, 3.8) is 0 Å². The first-order chi connectivity index (χ1) is 20.7.